The smallest absolute Gasteiger partial charge is 0.357 e. The summed E-state index contributed by atoms with van der Waals surface area (Å²) in [5, 5.41) is 4.66. The van der Waals surface area contributed by atoms with Crippen molar-refractivity contribution in [1.29, 1.82) is 0 Å². The summed E-state index contributed by atoms with van der Waals surface area (Å²) in [4.78, 5) is 16.4. The van der Waals surface area contributed by atoms with E-state index in [9.17, 15) is 4.79 Å². The summed E-state index contributed by atoms with van der Waals surface area (Å²) in [5.41, 5.74) is 0.754. The first-order valence-corrected chi connectivity index (χ1v) is 7.34. The molecule has 0 unspecified atom stereocenters. The Morgan fingerprint density at radius 3 is 2.45 bits per heavy atom. The second-order valence-electron chi connectivity index (χ2n) is 3.78. The summed E-state index contributed by atoms with van der Waals surface area (Å²) in [7, 11) is 1.31. The van der Waals surface area contributed by atoms with Crippen molar-refractivity contribution < 1.29 is 9.53 Å². The molecule has 1 N–H and O–H groups in total. The first-order chi connectivity index (χ1) is 9.42. The monoisotopic (exact) mass is 350 g/mol. The maximum absolute atomic E-state index is 11.5. The molecule has 0 radical (unpaired) electrons. The van der Waals surface area contributed by atoms with Gasteiger partial charge >= 0.3 is 5.97 Å². The standard InChI is InChI=1S/C12H9Cl3N2O2S/c1-5-9(11(18)19-2)16-12(20-5)17-10-7(14)3-6(13)4-8(10)15/h3-4H,1-2H3,(H,16,17). The number of nitrogens with zero attached hydrogens (tertiary/aromatic N) is 1. The lowest BCUT2D eigenvalue weighted by Crippen LogP contribution is -2.03. The number of rotatable bonds is 3. The van der Waals surface area contributed by atoms with E-state index in [1.807, 2.05) is 0 Å². The molecule has 20 heavy (non-hydrogen) atoms. The third-order valence-corrected chi connectivity index (χ3v) is 4.11. The molecular weight excluding hydrogens is 343 g/mol. The van der Waals surface area contributed by atoms with Crippen molar-refractivity contribution in [1.82, 2.24) is 4.98 Å². The van der Waals surface area contributed by atoms with Crippen LogP contribution in [0, 0.1) is 6.92 Å². The Balaban J connectivity index is 2.34. The van der Waals surface area contributed by atoms with E-state index in [0.29, 0.717) is 25.9 Å². The molecule has 4 nitrogen and oxygen atoms in total. The number of ether oxygens (including phenoxy) is 1. The summed E-state index contributed by atoms with van der Waals surface area (Å²) >= 11 is 19.3. The predicted octanol–water partition coefficient (Wildman–Crippen LogP) is 4.94. The van der Waals surface area contributed by atoms with Gasteiger partial charge in [-0.3, -0.25) is 0 Å². The van der Waals surface area contributed by atoms with Crippen molar-refractivity contribution in [2.45, 2.75) is 6.92 Å². The van der Waals surface area contributed by atoms with E-state index < -0.39 is 5.97 Å². The van der Waals surface area contributed by atoms with Gasteiger partial charge in [-0.15, -0.1) is 11.3 Å². The molecule has 1 aromatic carbocycles. The van der Waals surface area contributed by atoms with E-state index in [2.05, 4.69) is 15.0 Å². The van der Waals surface area contributed by atoms with Gasteiger partial charge in [-0.1, -0.05) is 34.8 Å². The number of methoxy groups -OCH3 is 1. The molecule has 1 heterocycles. The van der Waals surface area contributed by atoms with Gasteiger partial charge in [0.1, 0.15) is 0 Å². The number of halogens is 3. The van der Waals surface area contributed by atoms with Gasteiger partial charge in [-0.05, 0) is 19.1 Å². The second kappa shape index (κ2) is 6.18. The molecule has 1 aromatic heterocycles. The molecule has 2 rings (SSSR count). The summed E-state index contributed by atoms with van der Waals surface area (Å²) < 4.78 is 4.65. The molecule has 0 aliphatic carbocycles. The molecule has 0 saturated carbocycles. The first kappa shape index (κ1) is 15.4. The molecule has 0 aliphatic rings. The van der Waals surface area contributed by atoms with Crippen LogP contribution in [0.15, 0.2) is 12.1 Å². The number of thiazole rings is 1. The van der Waals surface area contributed by atoms with Gasteiger partial charge in [-0.2, -0.15) is 0 Å². The van der Waals surface area contributed by atoms with Crippen LogP contribution in [-0.4, -0.2) is 18.1 Å². The maximum Gasteiger partial charge on any atom is 0.357 e. The van der Waals surface area contributed by atoms with Crippen LogP contribution < -0.4 is 5.32 Å². The molecule has 106 valence electrons. The van der Waals surface area contributed by atoms with Crippen molar-refractivity contribution in [3.05, 3.63) is 37.8 Å². The Morgan fingerprint density at radius 1 is 1.30 bits per heavy atom. The van der Waals surface area contributed by atoms with Crippen LogP contribution in [-0.2, 0) is 4.74 Å². The number of carbonyl (C=O) groups excluding carboxylic acids is 1. The minimum Gasteiger partial charge on any atom is -0.464 e. The van der Waals surface area contributed by atoms with Crippen molar-refractivity contribution in [2.75, 3.05) is 12.4 Å². The number of benzene rings is 1. The molecule has 0 fully saturated rings. The van der Waals surface area contributed by atoms with Crippen LogP contribution in [0.5, 0.6) is 0 Å². The molecule has 0 amide bonds. The van der Waals surface area contributed by atoms with E-state index in [0.717, 1.165) is 4.88 Å². The topological polar surface area (TPSA) is 51.2 Å². The Kier molecular flexibility index (Phi) is 4.75. The number of aryl methyl sites for hydroxylation is 1. The summed E-state index contributed by atoms with van der Waals surface area (Å²) in [6.45, 7) is 1.78. The highest BCUT2D eigenvalue weighted by Gasteiger charge is 2.17. The lowest BCUT2D eigenvalue weighted by atomic mass is 10.3. The van der Waals surface area contributed by atoms with E-state index in [-0.39, 0.29) is 5.69 Å². The Hall–Kier alpha value is -1.01. The van der Waals surface area contributed by atoms with Gasteiger partial charge in [0.25, 0.3) is 0 Å². The van der Waals surface area contributed by atoms with Crippen molar-refractivity contribution in [3.8, 4) is 0 Å². The van der Waals surface area contributed by atoms with E-state index >= 15 is 0 Å². The zero-order chi connectivity index (χ0) is 14.9. The molecule has 0 bridgehead atoms. The summed E-state index contributed by atoms with van der Waals surface area (Å²) in [6.07, 6.45) is 0. The van der Waals surface area contributed by atoms with Gasteiger partial charge < -0.3 is 10.1 Å². The van der Waals surface area contributed by atoms with Gasteiger partial charge in [-0.25, -0.2) is 9.78 Å². The SMILES string of the molecule is COC(=O)c1nc(Nc2c(Cl)cc(Cl)cc2Cl)sc1C. The van der Waals surface area contributed by atoms with E-state index in [1.165, 1.54) is 18.4 Å². The molecule has 8 heteroatoms. The maximum atomic E-state index is 11.5. The summed E-state index contributed by atoms with van der Waals surface area (Å²) in [6, 6.07) is 3.14. The normalized spacial score (nSPS) is 10.4. The van der Waals surface area contributed by atoms with Crippen LogP contribution in [0.3, 0.4) is 0 Å². The first-order valence-electron chi connectivity index (χ1n) is 5.39. The summed E-state index contributed by atoms with van der Waals surface area (Å²) in [5.74, 6) is -0.486. The van der Waals surface area contributed by atoms with Gasteiger partial charge in [0.2, 0.25) is 0 Å². The fourth-order valence-electron chi connectivity index (χ4n) is 1.50. The number of nitrogens with one attached hydrogen (secondary N) is 1. The number of aromatic nitrogens is 1. The lowest BCUT2D eigenvalue weighted by Gasteiger charge is -2.08. The van der Waals surface area contributed by atoms with Crippen molar-refractivity contribution >= 4 is 62.9 Å². The van der Waals surface area contributed by atoms with Crippen LogP contribution >= 0.6 is 46.1 Å². The lowest BCUT2D eigenvalue weighted by molar-refractivity contribution is 0.0594. The highest BCUT2D eigenvalue weighted by Crippen LogP contribution is 2.37. The number of anilines is 2. The second-order valence-corrected chi connectivity index (χ2v) is 6.24. The number of hydrogen-bond donors (Lipinski definition) is 1. The molecule has 0 atom stereocenters. The molecule has 0 spiro atoms. The van der Waals surface area contributed by atoms with Crippen LogP contribution in [0.1, 0.15) is 15.4 Å². The fraction of sp³-hybridized carbons (Fsp3) is 0.167. The fourth-order valence-corrected chi connectivity index (χ4v) is 3.22. The zero-order valence-corrected chi connectivity index (χ0v) is 13.5. The quantitative estimate of drug-likeness (QED) is 0.796. The highest BCUT2D eigenvalue weighted by atomic mass is 35.5. The molecular formula is C12H9Cl3N2O2S. The predicted molar refractivity (Wildman–Crippen MR) is 82.9 cm³/mol. The van der Waals surface area contributed by atoms with Crippen molar-refractivity contribution in [2.24, 2.45) is 0 Å². The van der Waals surface area contributed by atoms with Crippen LogP contribution in [0.2, 0.25) is 15.1 Å². The third-order valence-electron chi connectivity index (χ3n) is 2.41. The van der Waals surface area contributed by atoms with Gasteiger partial charge in [0, 0.05) is 9.90 Å². The zero-order valence-electron chi connectivity index (χ0n) is 10.5. The minimum absolute atomic E-state index is 0.265. The number of hydrogen-bond acceptors (Lipinski definition) is 5. The number of esters is 1. The minimum atomic E-state index is -0.486. The molecule has 2 aromatic rings. The van der Waals surface area contributed by atoms with Gasteiger partial charge in [0.15, 0.2) is 10.8 Å². The van der Waals surface area contributed by atoms with E-state index in [4.69, 9.17) is 34.8 Å². The average molecular weight is 352 g/mol. The van der Waals surface area contributed by atoms with Crippen LogP contribution in [0.25, 0.3) is 0 Å². The Bertz CT molecular complexity index is 650. The van der Waals surface area contributed by atoms with E-state index in [1.54, 1.807) is 19.1 Å². The largest absolute Gasteiger partial charge is 0.464 e. The Morgan fingerprint density at radius 2 is 1.90 bits per heavy atom. The van der Waals surface area contributed by atoms with Crippen molar-refractivity contribution in [3.63, 3.8) is 0 Å². The third kappa shape index (κ3) is 3.17. The molecule has 0 saturated heterocycles. The number of carbonyl (C=O) groups is 1. The Labute approximate surface area is 134 Å². The van der Waals surface area contributed by atoms with Gasteiger partial charge in [0.05, 0.1) is 22.8 Å². The average Bonchev–Trinajstić information content (AvgIpc) is 2.74. The molecule has 0 aliphatic heterocycles. The van der Waals surface area contributed by atoms with Crippen LogP contribution in [0.4, 0.5) is 10.8 Å². The highest BCUT2D eigenvalue weighted by molar-refractivity contribution is 7.15.